The van der Waals surface area contributed by atoms with Gasteiger partial charge < -0.3 is 9.26 Å². The van der Waals surface area contributed by atoms with Crippen molar-refractivity contribution in [2.24, 2.45) is 0 Å². The van der Waals surface area contributed by atoms with E-state index in [1.165, 1.54) is 18.3 Å². The van der Waals surface area contributed by atoms with Crippen molar-refractivity contribution in [1.29, 1.82) is 0 Å². The third-order valence-corrected chi connectivity index (χ3v) is 6.66. The van der Waals surface area contributed by atoms with Gasteiger partial charge in [-0.2, -0.15) is 0 Å². The Bertz CT molecular complexity index is 1140. The summed E-state index contributed by atoms with van der Waals surface area (Å²) in [5.41, 5.74) is 3.54. The largest absolute Gasteiger partial charge is 0.488 e. The Morgan fingerprint density at radius 1 is 1.19 bits per heavy atom. The highest BCUT2D eigenvalue weighted by molar-refractivity contribution is 7.17. The van der Waals surface area contributed by atoms with Gasteiger partial charge in [-0.25, -0.2) is 4.98 Å². The summed E-state index contributed by atoms with van der Waals surface area (Å²) in [7, 11) is 0. The summed E-state index contributed by atoms with van der Waals surface area (Å²) in [6, 6.07) is 6.01. The van der Waals surface area contributed by atoms with Gasteiger partial charge in [-0.15, -0.1) is 0 Å². The lowest BCUT2D eigenvalue weighted by Crippen LogP contribution is -2.34. The van der Waals surface area contributed by atoms with Crippen molar-refractivity contribution < 1.29 is 18.8 Å². The number of aryl methyl sites for hydroxylation is 4. The minimum absolute atomic E-state index is 0.0515. The van der Waals surface area contributed by atoms with E-state index in [0.29, 0.717) is 27.0 Å². The van der Waals surface area contributed by atoms with Crippen LogP contribution in [0.15, 0.2) is 22.7 Å². The number of ether oxygens (including phenoxy) is 1. The fraction of sp³-hybridized carbons (Fsp3) is 0.391. The number of anilines is 1. The zero-order valence-corrected chi connectivity index (χ0v) is 19.1. The number of aromatic nitrogens is 2. The minimum Gasteiger partial charge on any atom is -0.488 e. The molecule has 0 atom stereocenters. The molecule has 0 aliphatic heterocycles. The molecule has 162 valence electrons. The maximum absolute atomic E-state index is 13.5. The zero-order valence-electron chi connectivity index (χ0n) is 18.3. The molecule has 0 unspecified atom stereocenters. The average Bonchev–Trinajstić information content (AvgIpc) is 3.36. The van der Waals surface area contributed by atoms with Crippen molar-refractivity contribution in [1.82, 2.24) is 10.1 Å². The van der Waals surface area contributed by atoms with Crippen molar-refractivity contribution in [3.63, 3.8) is 0 Å². The maximum atomic E-state index is 13.5. The van der Waals surface area contributed by atoms with Gasteiger partial charge in [0.2, 0.25) is 0 Å². The Morgan fingerprint density at radius 2 is 1.87 bits per heavy atom. The van der Waals surface area contributed by atoms with Gasteiger partial charge in [0, 0.05) is 13.0 Å². The van der Waals surface area contributed by atoms with Gasteiger partial charge in [-0.05, 0) is 51.7 Å². The van der Waals surface area contributed by atoms with Gasteiger partial charge in [0.15, 0.2) is 16.6 Å². The first-order valence-electron chi connectivity index (χ1n) is 10.2. The fourth-order valence-electron chi connectivity index (χ4n) is 3.57. The number of carbonyl (C=O) groups excluding carboxylic acids is 2. The van der Waals surface area contributed by atoms with Crippen LogP contribution in [0.25, 0.3) is 0 Å². The summed E-state index contributed by atoms with van der Waals surface area (Å²) in [5, 5.41) is 4.58. The van der Waals surface area contributed by atoms with Crippen molar-refractivity contribution in [3.05, 3.63) is 56.9 Å². The summed E-state index contributed by atoms with van der Waals surface area (Å²) < 4.78 is 11.4. The maximum Gasteiger partial charge on any atom is 0.282 e. The molecule has 3 aromatic rings. The van der Waals surface area contributed by atoms with Crippen LogP contribution in [0.1, 0.15) is 68.1 Å². The molecule has 1 aliphatic rings. The second-order valence-corrected chi connectivity index (χ2v) is 8.93. The molecule has 1 aromatic carbocycles. The summed E-state index contributed by atoms with van der Waals surface area (Å²) in [6.07, 6.45) is 1.79. The minimum atomic E-state index is -0.275. The number of thiazole rings is 1. The Hall–Kier alpha value is -3.00. The second-order valence-electron chi connectivity index (χ2n) is 7.95. The van der Waals surface area contributed by atoms with E-state index < -0.39 is 0 Å². The van der Waals surface area contributed by atoms with Crippen LogP contribution in [0.3, 0.4) is 0 Å². The molecule has 1 fully saturated rings. The van der Waals surface area contributed by atoms with Crippen LogP contribution < -0.4 is 9.64 Å². The number of carbonyl (C=O) groups is 2. The van der Waals surface area contributed by atoms with E-state index in [1.807, 2.05) is 32.0 Å². The quantitative estimate of drug-likeness (QED) is 0.484. The van der Waals surface area contributed by atoms with Crippen LogP contribution in [0.2, 0.25) is 0 Å². The highest BCUT2D eigenvalue weighted by Crippen LogP contribution is 2.37. The van der Waals surface area contributed by atoms with Crippen LogP contribution in [0.5, 0.6) is 5.75 Å². The third-order valence-electron chi connectivity index (χ3n) is 5.40. The van der Waals surface area contributed by atoms with E-state index >= 15 is 0 Å². The zero-order chi connectivity index (χ0) is 22.3. The molecule has 0 spiro atoms. The lowest BCUT2D eigenvalue weighted by Gasteiger charge is -2.19. The van der Waals surface area contributed by atoms with E-state index in [2.05, 4.69) is 10.1 Å². The van der Waals surface area contributed by atoms with E-state index in [9.17, 15) is 9.59 Å². The number of hydrogen-bond donors (Lipinski definition) is 0. The molecule has 1 aliphatic carbocycles. The number of benzene rings is 1. The molecule has 1 amide bonds. The molecule has 2 aromatic heterocycles. The molecule has 31 heavy (non-hydrogen) atoms. The molecule has 8 heteroatoms. The lowest BCUT2D eigenvalue weighted by molar-refractivity contribution is 0.0972. The summed E-state index contributed by atoms with van der Waals surface area (Å²) >= 11 is 1.25. The van der Waals surface area contributed by atoms with E-state index in [-0.39, 0.29) is 30.0 Å². The standard InChI is InChI=1S/C23H25N3O4S/c1-12-7-6-8-13(2)20(12)29-11-18-16(5)30-25-19(18)22(28)26(17-9-10-17)23-24-14(3)21(31-23)15(4)27/h6-8,17H,9-11H2,1-5H3. The van der Waals surface area contributed by atoms with Gasteiger partial charge in [0.25, 0.3) is 5.91 Å². The van der Waals surface area contributed by atoms with Crippen LogP contribution in [0, 0.1) is 27.7 Å². The Morgan fingerprint density at radius 3 is 2.45 bits per heavy atom. The number of ketones is 1. The SMILES string of the molecule is CC(=O)c1sc(N(C(=O)c2noc(C)c2COc2c(C)cccc2C)C2CC2)nc1C. The van der Waals surface area contributed by atoms with Crippen LogP contribution in [-0.4, -0.2) is 27.9 Å². The molecule has 4 rings (SSSR count). The van der Waals surface area contributed by atoms with E-state index in [0.717, 1.165) is 29.7 Å². The van der Waals surface area contributed by atoms with Crippen molar-refractivity contribution >= 4 is 28.2 Å². The Labute approximate surface area is 185 Å². The third kappa shape index (κ3) is 4.12. The molecule has 0 N–H and O–H groups in total. The number of amides is 1. The molecule has 7 nitrogen and oxygen atoms in total. The predicted molar refractivity (Wildman–Crippen MR) is 118 cm³/mol. The fourth-order valence-corrected chi connectivity index (χ4v) is 4.60. The monoisotopic (exact) mass is 439 g/mol. The first-order chi connectivity index (χ1) is 14.8. The van der Waals surface area contributed by atoms with Gasteiger partial charge in [0.05, 0.1) is 16.1 Å². The predicted octanol–water partition coefficient (Wildman–Crippen LogP) is 4.96. The van der Waals surface area contributed by atoms with E-state index in [4.69, 9.17) is 9.26 Å². The highest BCUT2D eigenvalue weighted by atomic mass is 32.1. The topological polar surface area (TPSA) is 85.5 Å². The average molecular weight is 440 g/mol. The normalized spacial score (nSPS) is 13.3. The Kier molecular flexibility index (Phi) is 5.66. The molecule has 1 saturated carbocycles. The van der Waals surface area contributed by atoms with Crippen LogP contribution in [0.4, 0.5) is 5.13 Å². The highest BCUT2D eigenvalue weighted by Gasteiger charge is 2.39. The van der Waals surface area contributed by atoms with Gasteiger partial charge in [-0.1, -0.05) is 34.7 Å². The number of Topliss-reactive ketones (excluding diaryl/α,β-unsaturated/α-hetero) is 1. The van der Waals surface area contributed by atoms with Crippen molar-refractivity contribution in [3.8, 4) is 5.75 Å². The molecule has 0 saturated heterocycles. The van der Waals surface area contributed by atoms with Crippen LogP contribution in [-0.2, 0) is 6.61 Å². The number of nitrogens with zero attached hydrogens (tertiary/aromatic N) is 3. The second kappa shape index (κ2) is 8.26. The number of rotatable bonds is 7. The summed E-state index contributed by atoms with van der Waals surface area (Å²) in [4.78, 5) is 32.1. The molecule has 2 heterocycles. The first kappa shape index (κ1) is 21.2. The van der Waals surface area contributed by atoms with E-state index in [1.54, 1.807) is 18.7 Å². The first-order valence-corrected chi connectivity index (χ1v) is 11.1. The lowest BCUT2D eigenvalue weighted by atomic mass is 10.1. The smallest absolute Gasteiger partial charge is 0.282 e. The summed E-state index contributed by atoms with van der Waals surface area (Å²) in [5.74, 6) is 1.01. The van der Waals surface area contributed by atoms with Gasteiger partial charge in [0.1, 0.15) is 18.1 Å². The number of para-hydroxylation sites is 1. The molecular formula is C23H25N3O4S. The van der Waals surface area contributed by atoms with Crippen molar-refractivity contribution in [2.75, 3.05) is 4.90 Å². The van der Waals surface area contributed by atoms with Crippen LogP contribution >= 0.6 is 11.3 Å². The van der Waals surface area contributed by atoms with Gasteiger partial charge in [-0.3, -0.25) is 14.5 Å². The summed E-state index contributed by atoms with van der Waals surface area (Å²) in [6.45, 7) is 9.22. The molecular weight excluding hydrogens is 414 g/mol. The Balaban J connectivity index is 1.64. The molecule has 0 radical (unpaired) electrons. The molecule has 0 bridgehead atoms. The van der Waals surface area contributed by atoms with Crippen molar-refractivity contribution in [2.45, 2.75) is 60.1 Å². The van der Waals surface area contributed by atoms with Gasteiger partial charge >= 0.3 is 0 Å². The number of hydrogen-bond acceptors (Lipinski definition) is 7.